The summed E-state index contributed by atoms with van der Waals surface area (Å²) in [4.78, 5) is 34.6. The van der Waals surface area contributed by atoms with Crippen LogP contribution in [0.3, 0.4) is 0 Å². The maximum absolute atomic E-state index is 13.0. The third-order valence-electron chi connectivity index (χ3n) is 5.12. The Morgan fingerprint density at radius 1 is 1.15 bits per heavy atom. The van der Waals surface area contributed by atoms with E-state index < -0.39 is 33.4 Å². The molecule has 1 fully saturated rings. The number of benzene rings is 2. The van der Waals surface area contributed by atoms with Crippen LogP contribution in [0.4, 0.5) is 11.4 Å². The molecule has 2 aromatic rings. The molecular weight excluding hydrogens is 474 g/mol. The summed E-state index contributed by atoms with van der Waals surface area (Å²) in [6.07, 6.45) is 2.60. The van der Waals surface area contributed by atoms with E-state index in [0.717, 1.165) is 37.5 Å². The highest BCUT2D eigenvalue weighted by atomic mass is 35.5. The van der Waals surface area contributed by atoms with Gasteiger partial charge in [-0.3, -0.25) is 14.9 Å². The van der Waals surface area contributed by atoms with Crippen molar-refractivity contribution in [3.05, 3.63) is 62.7 Å². The highest BCUT2D eigenvalue weighted by Crippen LogP contribution is 2.26. The smallest absolute Gasteiger partial charge is 0.340 e. The summed E-state index contributed by atoms with van der Waals surface area (Å²) in [5.74, 6) is -1.62. The van der Waals surface area contributed by atoms with E-state index >= 15 is 0 Å². The third-order valence-corrected chi connectivity index (χ3v) is 7.48. The average molecular weight is 496 g/mol. The quantitative estimate of drug-likeness (QED) is 0.352. The van der Waals surface area contributed by atoms with Crippen LogP contribution in [0.15, 0.2) is 41.3 Å². The zero-order valence-electron chi connectivity index (χ0n) is 17.7. The van der Waals surface area contributed by atoms with E-state index in [0.29, 0.717) is 18.7 Å². The van der Waals surface area contributed by atoms with E-state index in [1.807, 2.05) is 0 Å². The van der Waals surface area contributed by atoms with Gasteiger partial charge in [0, 0.05) is 30.9 Å². The summed E-state index contributed by atoms with van der Waals surface area (Å²) >= 11 is 5.89. The van der Waals surface area contributed by atoms with E-state index in [9.17, 15) is 28.1 Å². The van der Waals surface area contributed by atoms with Gasteiger partial charge in [0.1, 0.15) is 0 Å². The first-order valence-electron chi connectivity index (χ1n) is 10.1. The molecule has 0 saturated carbocycles. The number of hydrogen-bond donors (Lipinski definition) is 1. The Labute approximate surface area is 195 Å². The molecule has 2 aromatic carbocycles. The molecular formula is C21H22ClN3O7S. The number of anilines is 1. The molecule has 176 valence electrons. The molecule has 0 atom stereocenters. The lowest BCUT2D eigenvalue weighted by Crippen LogP contribution is -2.36. The van der Waals surface area contributed by atoms with Gasteiger partial charge in [-0.2, -0.15) is 4.31 Å². The Kier molecular flexibility index (Phi) is 7.67. The summed E-state index contributed by atoms with van der Waals surface area (Å²) in [6.45, 7) is 1.94. The lowest BCUT2D eigenvalue weighted by atomic mass is 10.2. The largest absolute Gasteiger partial charge is 0.452 e. The number of esters is 1. The van der Waals surface area contributed by atoms with Crippen molar-refractivity contribution in [1.82, 2.24) is 4.31 Å². The van der Waals surface area contributed by atoms with Crippen molar-refractivity contribution in [1.29, 1.82) is 0 Å². The van der Waals surface area contributed by atoms with E-state index in [2.05, 4.69) is 5.32 Å². The molecule has 10 nitrogen and oxygen atoms in total. The van der Waals surface area contributed by atoms with Crippen LogP contribution in [-0.2, 0) is 19.6 Å². The zero-order valence-corrected chi connectivity index (χ0v) is 19.3. The van der Waals surface area contributed by atoms with Gasteiger partial charge in [0.25, 0.3) is 11.6 Å². The van der Waals surface area contributed by atoms with E-state index in [4.69, 9.17) is 16.3 Å². The van der Waals surface area contributed by atoms with Gasteiger partial charge >= 0.3 is 5.97 Å². The first-order valence-corrected chi connectivity index (χ1v) is 11.9. The minimum atomic E-state index is -3.69. The molecule has 0 spiro atoms. The minimum absolute atomic E-state index is 0.108. The Hall–Kier alpha value is -3.02. The summed E-state index contributed by atoms with van der Waals surface area (Å²) < 4.78 is 32.4. The molecule has 0 aromatic heterocycles. The van der Waals surface area contributed by atoms with Gasteiger partial charge in [-0.15, -0.1) is 0 Å². The summed E-state index contributed by atoms with van der Waals surface area (Å²) in [5.41, 5.74) is 0.382. The Morgan fingerprint density at radius 3 is 2.48 bits per heavy atom. The Morgan fingerprint density at radius 2 is 1.85 bits per heavy atom. The average Bonchev–Trinajstić information content (AvgIpc) is 2.79. The molecule has 1 aliphatic rings. The number of halogens is 1. The second kappa shape index (κ2) is 10.3. The van der Waals surface area contributed by atoms with Crippen molar-refractivity contribution in [2.45, 2.75) is 31.1 Å². The number of ether oxygens (including phenoxy) is 1. The van der Waals surface area contributed by atoms with Gasteiger partial charge < -0.3 is 10.1 Å². The number of nitro groups is 1. The normalized spacial score (nSPS) is 14.5. The molecule has 1 amide bonds. The molecule has 0 aliphatic carbocycles. The van der Waals surface area contributed by atoms with Crippen LogP contribution in [0.1, 0.15) is 35.2 Å². The van der Waals surface area contributed by atoms with Crippen LogP contribution >= 0.6 is 11.6 Å². The number of carbonyl (C=O) groups is 2. The van der Waals surface area contributed by atoms with E-state index in [1.165, 1.54) is 10.4 Å². The van der Waals surface area contributed by atoms with Crippen molar-refractivity contribution in [3.63, 3.8) is 0 Å². The number of non-ortho nitro benzene ring substituents is 1. The van der Waals surface area contributed by atoms with E-state index in [1.54, 1.807) is 19.1 Å². The maximum Gasteiger partial charge on any atom is 0.340 e. The number of hydrogen-bond acceptors (Lipinski definition) is 7. The van der Waals surface area contributed by atoms with Gasteiger partial charge in [-0.25, -0.2) is 13.2 Å². The number of rotatable bonds is 7. The fourth-order valence-corrected chi connectivity index (χ4v) is 5.41. The van der Waals surface area contributed by atoms with Gasteiger partial charge in [0.2, 0.25) is 10.0 Å². The van der Waals surface area contributed by atoms with Gasteiger partial charge in [0.15, 0.2) is 6.61 Å². The lowest BCUT2D eigenvalue weighted by Gasteiger charge is -2.26. The molecule has 0 radical (unpaired) electrons. The Bertz CT molecular complexity index is 1190. The molecule has 1 N–H and O–H groups in total. The number of nitrogens with one attached hydrogen (secondary N) is 1. The van der Waals surface area contributed by atoms with Gasteiger partial charge in [-0.05, 0) is 43.5 Å². The number of piperidine rings is 1. The van der Waals surface area contributed by atoms with Gasteiger partial charge in [0.05, 0.1) is 20.4 Å². The zero-order chi connectivity index (χ0) is 24.2. The molecule has 0 unspecified atom stereocenters. The molecule has 1 aliphatic heterocycles. The fourth-order valence-electron chi connectivity index (χ4n) is 3.39. The standard InChI is InChI=1S/C21H22ClN3O7S/c1-14-5-6-15(11-19(14)33(30,31)24-9-3-2-4-10-24)23-20(26)13-32-21(27)17-8-7-16(25(28)29)12-18(17)22/h5-8,11-12H,2-4,9-10,13H2,1H3,(H,23,26). The predicted molar refractivity (Wildman–Crippen MR) is 121 cm³/mol. The number of carbonyl (C=O) groups excluding carboxylic acids is 2. The van der Waals surface area contributed by atoms with Crippen molar-refractivity contribution in [2.24, 2.45) is 0 Å². The second-order valence-electron chi connectivity index (χ2n) is 7.49. The van der Waals surface area contributed by atoms with Crippen LogP contribution < -0.4 is 5.32 Å². The van der Waals surface area contributed by atoms with Crippen LogP contribution in [0.5, 0.6) is 0 Å². The highest BCUT2D eigenvalue weighted by molar-refractivity contribution is 7.89. The molecule has 0 bridgehead atoms. The van der Waals surface area contributed by atoms with E-state index in [-0.39, 0.29) is 26.9 Å². The molecule has 3 rings (SSSR count). The number of nitro benzene ring substituents is 1. The predicted octanol–water partition coefficient (Wildman–Crippen LogP) is 3.53. The monoisotopic (exact) mass is 495 g/mol. The van der Waals surface area contributed by atoms with Crippen LogP contribution in [0.25, 0.3) is 0 Å². The summed E-state index contributed by atoms with van der Waals surface area (Å²) in [7, 11) is -3.69. The third kappa shape index (κ3) is 5.86. The highest BCUT2D eigenvalue weighted by Gasteiger charge is 2.27. The summed E-state index contributed by atoms with van der Waals surface area (Å²) in [6, 6.07) is 7.77. The maximum atomic E-state index is 13.0. The van der Waals surface area contributed by atoms with Gasteiger partial charge in [-0.1, -0.05) is 24.1 Å². The number of amides is 1. The van der Waals surface area contributed by atoms with Crippen LogP contribution in [0, 0.1) is 17.0 Å². The summed E-state index contributed by atoms with van der Waals surface area (Å²) in [5, 5.41) is 13.1. The number of aryl methyl sites for hydroxylation is 1. The van der Waals surface area contributed by atoms with Crippen molar-refractivity contribution < 1.29 is 27.7 Å². The van der Waals surface area contributed by atoms with Crippen molar-refractivity contribution in [2.75, 3.05) is 25.0 Å². The first-order chi connectivity index (χ1) is 15.6. The Balaban J connectivity index is 1.65. The minimum Gasteiger partial charge on any atom is -0.452 e. The van der Waals surface area contributed by atoms with Crippen LogP contribution in [0.2, 0.25) is 5.02 Å². The molecule has 12 heteroatoms. The molecule has 33 heavy (non-hydrogen) atoms. The number of nitrogens with zero attached hydrogens (tertiary/aromatic N) is 2. The SMILES string of the molecule is Cc1ccc(NC(=O)COC(=O)c2ccc([N+](=O)[O-])cc2Cl)cc1S(=O)(=O)N1CCCCC1. The van der Waals surface area contributed by atoms with Crippen molar-refractivity contribution >= 4 is 44.9 Å². The lowest BCUT2D eigenvalue weighted by molar-refractivity contribution is -0.384. The topological polar surface area (TPSA) is 136 Å². The second-order valence-corrected chi connectivity index (χ2v) is 9.80. The first kappa shape index (κ1) is 24.6. The van der Waals surface area contributed by atoms with Crippen molar-refractivity contribution in [3.8, 4) is 0 Å². The van der Waals surface area contributed by atoms with Crippen LogP contribution in [-0.4, -0.2) is 49.2 Å². The fraction of sp³-hybridized carbons (Fsp3) is 0.333. The molecule has 1 heterocycles. The molecule has 1 saturated heterocycles. The number of sulfonamides is 1.